The van der Waals surface area contributed by atoms with Crippen molar-refractivity contribution in [3.8, 4) is 6.07 Å². The van der Waals surface area contributed by atoms with Gasteiger partial charge in [-0.25, -0.2) is 0 Å². The van der Waals surface area contributed by atoms with Crippen LogP contribution in [0.25, 0.3) is 0 Å². The summed E-state index contributed by atoms with van der Waals surface area (Å²) in [6.45, 7) is 8.58. The van der Waals surface area contributed by atoms with E-state index >= 15 is 0 Å². The highest BCUT2D eigenvalue weighted by molar-refractivity contribution is 5.22. The number of nitrogens with zero attached hydrogens (tertiary/aromatic N) is 4. The van der Waals surface area contributed by atoms with Crippen molar-refractivity contribution < 1.29 is 0 Å². The zero-order chi connectivity index (χ0) is 13.7. The van der Waals surface area contributed by atoms with Crippen LogP contribution in [0.15, 0.2) is 24.5 Å². The van der Waals surface area contributed by atoms with E-state index in [9.17, 15) is 5.26 Å². The van der Waals surface area contributed by atoms with Crippen molar-refractivity contribution in [2.24, 2.45) is 0 Å². The summed E-state index contributed by atoms with van der Waals surface area (Å²) in [6, 6.07) is 6.69. The molecule has 0 amide bonds. The first-order chi connectivity index (χ1) is 9.30. The third-order valence-electron chi connectivity index (χ3n) is 4.01. The minimum Gasteiger partial charge on any atom is -0.301 e. The van der Waals surface area contributed by atoms with Gasteiger partial charge in [0.25, 0.3) is 0 Å². The lowest BCUT2D eigenvalue weighted by molar-refractivity contribution is 0.0569. The van der Waals surface area contributed by atoms with Gasteiger partial charge in [0.15, 0.2) is 0 Å². The molecule has 19 heavy (non-hydrogen) atoms. The van der Waals surface area contributed by atoms with Crippen LogP contribution in [0.5, 0.6) is 0 Å². The standard InChI is InChI=1S/C15H22N4/c1-3-14-12-18(4-2)9-10-19(14)15(11-16)13-5-7-17-8-6-13/h5-8,14-15H,3-4,9-10,12H2,1-2H3. The molecule has 2 rings (SSSR count). The summed E-state index contributed by atoms with van der Waals surface area (Å²) in [4.78, 5) is 8.85. The first kappa shape index (κ1) is 14.0. The van der Waals surface area contributed by atoms with Gasteiger partial charge in [0.1, 0.15) is 6.04 Å². The van der Waals surface area contributed by atoms with Crippen LogP contribution in [0.2, 0.25) is 0 Å². The predicted octanol–water partition coefficient (Wildman–Crippen LogP) is 2.06. The highest BCUT2D eigenvalue weighted by Crippen LogP contribution is 2.25. The molecule has 4 heteroatoms. The van der Waals surface area contributed by atoms with Crippen LogP contribution in [0.1, 0.15) is 31.9 Å². The summed E-state index contributed by atoms with van der Waals surface area (Å²) in [5, 5.41) is 9.54. The van der Waals surface area contributed by atoms with E-state index in [1.54, 1.807) is 12.4 Å². The monoisotopic (exact) mass is 258 g/mol. The zero-order valence-electron chi connectivity index (χ0n) is 11.8. The Balaban J connectivity index is 2.17. The van der Waals surface area contributed by atoms with E-state index in [2.05, 4.69) is 34.7 Å². The average Bonchev–Trinajstić information content (AvgIpc) is 2.49. The van der Waals surface area contributed by atoms with Crippen LogP contribution in [-0.2, 0) is 0 Å². The molecule has 0 aromatic carbocycles. The minimum atomic E-state index is -0.146. The van der Waals surface area contributed by atoms with Crippen molar-refractivity contribution in [3.05, 3.63) is 30.1 Å². The molecule has 1 saturated heterocycles. The van der Waals surface area contributed by atoms with Gasteiger partial charge in [-0.1, -0.05) is 13.8 Å². The maximum Gasteiger partial charge on any atom is 0.124 e. The molecule has 1 aliphatic rings. The molecule has 0 aliphatic carbocycles. The molecule has 0 N–H and O–H groups in total. The predicted molar refractivity (Wildman–Crippen MR) is 75.5 cm³/mol. The van der Waals surface area contributed by atoms with Gasteiger partial charge in [-0.15, -0.1) is 0 Å². The number of nitriles is 1. The molecule has 2 heterocycles. The van der Waals surface area contributed by atoms with Gasteiger partial charge in [-0.05, 0) is 30.7 Å². The Labute approximate surface area is 115 Å². The lowest BCUT2D eigenvalue weighted by Crippen LogP contribution is -2.53. The van der Waals surface area contributed by atoms with Gasteiger partial charge in [0.05, 0.1) is 6.07 Å². The summed E-state index contributed by atoms with van der Waals surface area (Å²) in [7, 11) is 0. The Morgan fingerprint density at radius 2 is 2.11 bits per heavy atom. The maximum atomic E-state index is 9.54. The lowest BCUT2D eigenvalue weighted by Gasteiger charge is -2.43. The maximum absolute atomic E-state index is 9.54. The molecule has 0 bridgehead atoms. The van der Waals surface area contributed by atoms with E-state index in [0.717, 1.165) is 38.2 Å². The Kier molecular flexibility index (Phi) is 4.89. The van der Waals surface area contributed by atoms with Gasteiger partial charge in [0.2, 0.25) is 0 Å². The van der Waals surface area contributed by atoms with Crippen LogP contribution < -0.4 is 0 Å². The SMILES string of the molecule is CCC1CN(CC)CCN1C(C#N)c1ccncc1. The molecule has 4 nitrogen and oxygen atoms in total. The minimum absolute atomic E-state index is 0.146. The van der Waals surface area contributed by atoms with Crippen molar-refractivity contribution >= 4 is 0 Å². The molecule has 2 atom stereocenters. The molecule has 1 aromatic rings. The Morgan fingerprint density at radius 3 is 2.68 bits per heavy atom. The highest BCUT2D eigenvalue weighted by Gasteiger charge is 2.31. The van der Waals surface area contributed by atoms with E-state index in [4.69, 9.17) is 0 Å². The summed E-state index contributed by atoms with van der Waals surface area (Å²) < 4.78 is 0. The summed E-state index contributed by atoms with van der Waals surface area (Å²) in [6.07, 6.45) is 4.62. The first-order valence-corrected chi connectivity index (χ1v) is 7.07. The fourth-order valence-electron chi connectivity index (χ4n) is 2.81. The fourth-order valence-corrected chi connectivity index (χ4v) is 2.81. The Hall–Kier alpha value is -1.44. The zero-order valence-corrected chi connectivity index (χ0v) is 11.8. The summed E-state index contributed by atoms with van der Waals surface area (Å²) >= 11 is 0. The second-order valence-electron chi connectivity index (χ2n) is 5.01. The number of pyridine rings is 1. The van der Waals surface area contributed by atoms with Crippen molar-refractivity contribution in [1.29, 1.82) is 5.26 Å². The smallest absolute Gasteiger partial charge is 0.124 e. The number of aromatic nitrogens is 1. The molecule has 1 fully saturated rings. The largest absolute Gasteiger partial charge is 0.301 e. The molecule has 0 radical (unpaired) electrons. The fraction of sp³-hybridized carbons (Fsp3) is 0.600. The van der Waals surface area contributed by atoms with Gasteiger partial charge in [-0.2, -0.15) is 5.26 Å². The summed E-state index contributed by atoms with van der Waals surface area (Å²) in [5.74, 6) is 0. The second-order valence-corrected chi connectivity index (χ2v) is 5.01. The Morgan fingerprint density at radius 1 is 1.37 bits per heavy atom. The van der Waals surface area contributed by atoms with E-state index in [-0.39, 0.29) is 6.04 Å². The molecule has 0 saturated carbocycles. The topological polar surface area (TPSA) is 43.2 Å². The van der Waals surface area contributed by atoms with Crippen molar-refractivity contribution in [2.75, 3.05) is 26.2 Å². The second kappa shape index (κ2) is 6.65. The van der Waals surface area contributed by atoms with Crippen molar-refractivity contribution in [1.82, 2.24) is 14.8 Å². The van der Waals surface area contributed by atoms with Gasteiger partial charge in [-0.3, -0.25) is 9.88 Å². The third-order valence-corrected chi connectivity index (χ3v) is 4.01. The molecule has 2 unspecified atom stereocenters. The van der Waals surface area contributed by atoms with Gasteiger partial charge in [0, 0.05) is 38.1 Å². The van der Waals surface area contributed by atoms with Crippen LogP contribution >= 0.6 is 0 Å². The first-order valence-electron chi connectivity index (χ1n) is 7.07. The highest BCUT2D eigenvalue weighted by atomic mass is 15.3. The number of hydrogen-bond donors (Lipinski definition) is 0. The molecular weight excluding hydrogens is 236 g/mol. The van der Waals surface area contributed by atoms with Gasteiger partial charge >= 0.3 is 0 Å². The normalized spacial score (nSPS) is 22.9. The molecule has 0 spiro atoms. The van der Waals surface area contributed by atoms with Crippen LogP contribution in [0, 0.1) is 11.3 Å². The molecule has 1 aliphatic heterocycles. The number of hydrogen-bond acceptors (Lipinski definition) is 4. The molecule has 1 aromatic heterocycles. The van der Waals surface area contributed by atoms with Crippen molar-refractivity contribution in [2.45, 2.75) is 32.4 Å². The molecule has 102 valence electrons. The van der Waals surface area contributed by atoms with Crippen molar-refractivity contribution in [3.63, 3.8) is 0 Å². The summed E-state index contributed by atoms with van der Waals surface area (Å²) in [5.41, 5.74) is 1.06. The Bertz CT molecular complexity index is 426. The van der Waals surface area contributed by atoms with Crippen LogP contribution in [-0.4, -0.2) is 47.0 Å². The number of likely N-dealkylation sites (N-methyl/N-ethyl adjacent to an activating group) is 1. The number of rotatable bonds is 4. The van der Waals surface area contributed by atoms with E-state index < -0.39 is 0 Å². The van der Waals surface area contributed by atoms with E-state index in [1.165, 1.54) is 0 Å². The lowest BCUT2D eigenvalue weighted by atomic mass is 10.0. The van der Waals surface area contributed by atoms with Gasteiger partial charge < -0.3 is 4.90 Å². The van der Waals surface area contributed by atoms with E-state index in [1.807, 2.05) is 12.1 Å². The third kappa shape index (κ3) is 3.12. The quantitative estimate of drug-likeness (QED) is 0.829. The number of piperazine rings is 1. The van der Waals surface area contributed by atoms with E-state index in [0.29, 0.717) is 6.04 Å². The van der Waals surface area contributed by atoms with Crippen LogP contribution in [0.4, 0.5) is 0 Å². The van der Waals surface area contributed by atoms with Crippen LogP contribution in [0.3, 0.4) is 0 Å². The molecular formula is C15H22N4. The average molecular weight is 258 g/mol.